The maximum atomic E-state index is 14.1. The van der Waals surface area contributed by atoms with Crippen molar-refractivity contribution in [2.24, 2.45) is 5.92 Å². The number of rotatable bonds is 7. The number of likely N-dealkylation sites (N-methyl/N-ethyl adjacent to an activating group) is 1. The van der Waals surface area contributed by atoms with Crippen LogP contribution in [0.1, 0.15) is 63.5 Å². The zero-order chi connectivity index (χ0) is 25.6. The molecule has 0 unspecified atom stereocenters. The zero-order valence-electron chi connectivity index (χ0n) is 22.2. The maximum Gasteiger partial charge on any atom is 0.260 e. The van der Waals surface area contributed by atoms with Crippen LogP contribution in [0.4, 0.5) is 5.95 Å². The number of hydrogen-bond acceptors (Lipinski definition) is 7. The van der Waals surface area contributed by atoms with Crippen LogP contribution in [0.5, 0.6) is 0 Å². The Morgan fingerprint density at radius 3 is 2.54 bits per heavy atom. The molecule has 3 aromatic rings. The van der Waals surface area contributed by atoms with Crippen molar-refractivity contribution in [3.05, 3.63) is 40.3 Å². The number of piperazine rings is 1. The Balaban J connectivity index is 1.39. The fourth-order valence-electron chi connectivity index (χ4n) is 6.04. The third-order valence-electron chi connectivity index (χ3n) is 8.75. The number of hydrogen-bond donors (Lipinski definition) is 2. The van der Waals surface area contributed by atoms with Crippen LogP contribution in [0.3, 0.4) is 0 Å². The fourth-order valence-corrected chi connectivity index (χ4v) is 6.04. The molecule has 8 heteroatoms. The highest BCUT2D eigenvalue weighted by Gasteiger charge is 2.31. The summed E-state index contributed by atoms with van der Waals surface area (Å²) >= 11 is 0. The summed E-state index contributed by atoms with van der Waals surface area (Å²) in [5.74, 6) is 1.43. The molecular weight excluding hydrogens is 464 g/mol. The average molecular weight is 505 g/mol. The van der Waals surface area contributed by atoms with Crippen LogP contribution in [-0.2, 0) is 6.54 Å². The largest absolute Gasteiger partial charge is 0.390 e. The molecule has 3 aliphatic rings. The van der Waals surface area contributed by atoms with Gasteiger partial charge in [-0.05, 0) is 69.0 Å². The molecule has 8 nitrogen and oxygen atoms in total. The molecule has 198 valence electrons. The van der Waals surface area contributed by atoms with Crippen LogP contribution in [0.15, 0.2) is 29.2 Å². The predicted molar refractivity (Wildman–Crippen MR) is 148 cm³/mol. The van der Waals surface area contributed by atoms with E-state index < -0.39 is 5.60 Å². The van der Waals surface area contributed by atoms with Gasteiger partial charge in [0.15, 0.2) is 0 Å². The minimum absolute atomic E-state index is 0.0233. The fraction of sp³-hybridized carbons (Fsp3) is 0.621. The van der Waals surface area contributed by atoms with Crippen molar-refractivity contribution in [1.82, 2.24) is 24.3 Å². The highest BCUT2D eigenvalue weighted by molar-refractivity contribution is 6.04. The predicted octanol–water partition coefficient (Wildman–Crippen LogP) is 3.77. The van der Waals surface area contributed by atoms with Gasteiger partial charge in [-0.2, -0.15) is 4.98 Å². The molecule has 37 heavy (non-hydrogen) atoms. The number of nitrogens with zero attached hydrogens (tertiary/aromatic N) is 5. The molecule has 3 fully saturated rings. The van der Waals surface area contributed by atoms with E-state index in [-0.39, 0.29) is 11.6 Å². The van der Waals surface area contributed by atoms with E-state index in [0.717, 1.165) is 80.6 Å². The van der Waals surface area contributed by atoms with E-state index in [1.54, 1.807) is 0 Å². The number of benzene rings is 1. The first-order valence-corrected chi connectivity index (χ1v) is 14.1. The molecule has 0 atom stereocenters. The zero-order valence-corrected chi connectivity index (χ0v) is 22.2. The molecule has 0 bridgehead atoms. The van der Waals surface area contributed by atoms with Crippen LogP contribution in [0.2, 0.25) is 0 Å². The summed E-state index contributed by atoms with van der Waals surface area (Å²) in [4.78, 5) is 28.5. The molecule has 2 aliphatic carbocycles. The standard InChI is InChI=1S/C29H40N6O2/c1-29(37)10-7-22(8-11-29)35-26-25(18-31-28(32-26)30-12-9-20-3-4-20)23-6-5-21(17-24(23)27(35)36)19-34-15-13-33(2)14-16-34/h5-6,17-18,20,22,37H,3-4,7-16,19H2,1-2H3,(H,30,31,32). The smallest absolute Gasteiger partial charge is 0.260 e. The van der Waals surface area contributed by atoms with Crippen LogP contribution in [-0.4, -0.2) is 74.8 Å². The van der Waals surface area contributed by atoms with Crippen molar-refractivity contribution in [3.8, 4) is 0 Å². The number of anilines is 1. The molecule has 2 saturated carbocycles. The Labute approximate surface area is 218 Å². The van der Waals surface area contributed by atoms with Crippen molar-refractivity contribution < 1.29 is 5.11 Å². The normalized spacial score (nSPS) is 25.6. The lowest BCUT2D eigenvalue weighted by molar-refractivity contribution is 0.0100. The topological polar surface area (TPSA) is 86.5 Å². The lowest BCUT2D eigenvalue weighted by atomic mass is 9.83. The lowest BCUT2D eigenvalue weighted by Gasteiger charge is -2.34. The first-order valence-electron chi connectivity index (χ1n) is 14.1. The summed E-state index contributed by atoms with van der Waals surface area (Å²) in [5.41, 5.74) is 1.25. The van der Waals surface area contributed by atoms with Crippen molar-refractivity contribution in [1.29, 1.82) is 0 Å². The minimum atomic E-state index is -0.660. The number of pyridine rings is 1. The highest BCUT2D eigenvalue weighted by atomic mass is 16.3. The summed E-state index contributed by atoms with van der Waals surface area (Å²) in [6, 6.07) is 6.36. The lowest BCUT2D eigenvalue weighted by Crippen LogP contribution is -2.43. The van der Waals surface area contributed by atoms with Gasteiger partial charge in [0.2, 0.25) is 5.95 Å². The van der Waals surface area contributed by atoms with Gasteiger partial charge in [-0.3, -0.25) is 14.3 Å². The van der Waals surface area contributed by atoms with Gasteiger partial charge in [0.25, 0.3) is 5.56 Å². The van der Waals surface area contributed by atoms with Crippen molar-refractivity contribution in [2.75, 3.05) is 45.1 Å². The first kappa shape index (κ1) is 24.8. The SMILES string of the molecule is CN1CCN(Cc2ccc3c(c2)c(=O)n(C2CCC(C)(O)CC2)c2nc(NCCC4CC4)ncc32)CC1. The van der Waals surface area contributed by atoms with E-state index >= 15 is 0 Å². The molecule has 6 rings (SSSR count). The van der Waals surface area contributed by atoms with E-state index in [9.17, 15) is 9.90 Å². The highest BCUT2D eigenvalue weighted by Crippen LogP contribution is 2.36. The van der Waals surface area contributed by atoms with Gasteiger partial charge in [0, 0.05) is 62.3 Å². The van der Waals surface area contributed by atoms with E-state index in [4.69, 9.17) is 4.98 Å². The second kappa shape index (κ2) is 9.97. The van der Waals surface area contributed by atoms with Crippen LogP contribution >= 0.6 is 0 Å². The quantitative estimate of drug-likeness (QED) is 0.474. The second-order valence-corrected chi connectivity index (χ2v) is 12.0. The first-order chi connectivity index (χ1) is 17.9. The molecule has 2 aromatic heterocycles. The summed E-state index contributed by atoms with van der Waals surface area (Å²) in [6.07, 6.45) is 8.59. The van der Waals surface area contributed by atoms with Crippen molar-refractivity contribution in [3.63, 3.8) is 0 Å². The second-order valence-electron chi connectivity index (χ2n) is 12.0. The number of fused-ring (bicyclic) bond motifs is 3. The van der Waals surface area contributed by atoms with E-state index in [1.165, 1.54) is 18.4 Å². The van der Waals surface area contributed by atoms with Crippen LogP contribution in [0.25, 0.3) is 21.8 Å². The van der Waals surface area contributed by atoms with E-state index in [1.807, 2.05) is 17.7 Å². The number of nitrogens with one attached hydrogen (secondary N) is 1. The summed E-state index contributed by atoms with van der Waals surface area (Å²) in [5, 5.41) is 16.5. The van der Waals surface area contributed by atoms with E-state index in [0.29, 0.717) is 24.4 Å². The number of aromatic nitrogens is 3. The van der Waals surface area contributed by atoms with Crippen molar-refractivity contribution >= 4 is 27.8 Å². The minimum Gasteiger partial charge on any atom is -0.390 e. The summed E-state index contributed by atoms with van der Waals surface area (Å²) in [6.45, 7) is 7.85. The van der Waals surface area contributed by atoms with Gasteiger partial charge >= 0.3 is 0 Å². The third kappa shape index (κ3) is 5.38. The Morgan fingerprint density at radius 1 is 1.05 bits per heavy atom. The molecule has 0 radical (unpaired) electrons. The van der Waals surface area contributed by atoms with Gasteiger partial charge in [0.1, 0.15) is 5.65 Å². The van der Waals surface area contributed by atoms with Crippen LogP contribution < -0.4 is 10.9 Å². The molecule has 0 spiro atoms. The summed E-state index contributed by atoms with van der Waals surface area (Å²) < 4.78 is 1.92. The van der Waals surface area contributed by atoms with Crippen molar-refractivity contribution in [2.45, 2.75) is 70.1 Å². The van der Waals surface area contributed by atoms with E-state index in [2.05, 4.69) is 45.3 Å². The molecule has 3 heterocycles. The average Bonchev–Trinajstić information content (AvgIpc) is 3.71. The third-order valence-corrected chi connectivity index (χ3v) is 8.75. The molecular formula is C29H40N6O2. The van der Waals surface area contributed by atoms with Gasteiger partial charge in [0.05, 0.1) is 5.60 Å². The molecule has 1 aromatic carbocycles. The van der Waals surface area contributed by atoms with Gasteiger partial charge in [-0.25, -0.2) is 4.98 Å². The molecule has 2 N–H and O–H groups in total. The monoisotopic (exact) mass is 504 g/mol. The Bertz CT molecular complexity index is 1330. The number of aliphatic hydroxyl groups is 1. The Kier molecular flexibility index (Phi) is 6.67. The van der Waals surface area contributed by atoms with Crippen LogP contribution in [0, 0.1) is 5.92 Å². The summed E-state index contributed by atoms with van der Waals surface area (Å²) in [7, 11) is 2.17. The molecule has 1 aliphatic heterocycles. The van der Waals surface area contributed by atoms with Gasteiger partial charge in [-0.1, -0.05) is 25.0 Å². The van der Waals surface area contributed by atoms with Gasteiger partial charge in [-0.15, -0.1) is 0 Å². The maximum absolute atomic E-state index is 14.1. The Hall–Kier alpha value is -2.55. The Morgan fingerprint density at radius 2 is 1.81 bits per heavy atom. The van der Waals surface area contributed by atoms with Gasteiger partial charge < -0.3 is 15.3 Å². The molecule has 0 amide bonds. The molecule has 1 saturated heterocycles.